The maximum atomic E-state index is 12.6. The molecule has 1 fully saturated rings. The van der Waals surface area contributed by atoms with Crippen LogP contribution in [0.4, 0.5) is 0 Å². The van der Waals surface area contributed by atoms with Gasteiger partial charge in [0.15, 0.2) is 5.96 Å². The number of nitrogens with zero attached hydrogens (tertiary/aromatic N) is 2. The largest absolute Gasteiger partial charge is 0.370 e. The minimum Gasteiger partial charge on any atom is -0.370 e. The Labute approximate surface area is 133 Å². The molecule has 0 radical (unpaired) electrons. The molecule has 1 saturated carbocycles. The molecule has 22 heavy (non-hydrogen) atoms. The Balaban J connectivity index is 1.90. The van der Waals surface area contributed by atoms with Gasteiger partial charge in [0.25, 0.3) is 11.8 Å². The van der Waals surface area contributed by atoms with E-state index in [1.54, 1.807) is 23.1 Å². The average molecular weight is 321 g/mol. The third-order valence-corrected chi connectivity index (χ3v) is 4.25. The monoisotopic (exact) mass is 320 g/mol. The fraction of sp³-hybridized carbons (Fsp3) is 0.400. The van der Waals surface area contributed by atoms with Crippen LogP contribution in [0.5, 0.6) is 0 Å². The summed E-state index contributed by atoms with van der Waals surface area (Å²) >= 11 is 5.98. The summed E-state index contributed by atoms with van der Waals surface area (Å²) in [7, 11) is 0. The summed E-state index contributed by atoms with van der Waals surface area (Å²) < 4.78 is 0. The summed E-state index contributed by atoms with van der Waals surface area (Å²) in [4.78, 5) is 29.8. The summed E-state index contributed by atoms with van der Waals surface area (Å²) in [5, 5.41) is 0.509. The van der Waals surface area contributed by atoms with Crippen LogP contribution in [0, 0.1) is 5.92 Å². The maximum absolute atomic E-state index is 12.6. The van der Waals surface area contributed by atoms with E-state index < -0.39 is 5.91 Å². The van der Waals surface area contributed by atoms with Crippen LogP contribution < -0.4 is 11.5 Å². The van der Waals surface area contributed by atoms with Gasteiger partial charge >= 0.3 is 0 Å². The normalized spacial score (nSPS) is 20.0. The third-order valence-electron chi connectivity index (χ3n) is 4.02. The maximum Gasteiger partial charge on any atom is 0.254 e. The van der Waals surface area contributed by atoms with Gasteiger partial charge in [0.2, 0.25) is 0 Å². The van der Waals surface area contributed by atoms with E-state index in [0.717, 1.165) is 18.4 Å². The fourth-order valence-electron chi connectivity index (χ4n) is 2.83. The number of rotatable bonds is 4. The Bertz CT molecular complexity index is 666. The number of fused-ring (bicyclic) bond motifs is 1. The van der Waals surface area contributed by atoms with Crippen molar-refractivity contribution in [3.8, 4) is 0 Å². The molecule has 1 aliphatic carbocycles. The molecule has 0 bridgehead atoms. The Morgan fingerprint density at radius 1 is 1.36 bits per heavy atom. The molecular formula is C15H17ClN4O2. The van der Waals surface area contributed by atoms with E-state index in [-0.39, 0.29) is 24.3 Å². The highest BCUT2D eigenvalue weighted by molar-refractivity contribution is 6.31. The molecule has 4 N–H and O–H groups in total. The Morgan fingerprint density at radius 2 is 2.09 bits per heavy atom. The molecule has 7 heteroatoms. The van der Waals surface area contributed by atoms with Gasteiger partial charge in [-0.25, -0.2) is 0 Å². The molecule has 2 aliphatic rings. The van der Waals surface area contributed by atoms with Crippen LogP contribution in [0.3, 0.4) is 0 Å². The summed E-state index contributed by atoms with van der Waals surface area (Å²) in [6.45, 7) is 0.658. The van der Waals surface area contributed by atoms with E-state index in [4.69, 9.17) is 23.1 Å². The van der Waals surface area contributed by atoms with E-state index in [1.165, 1.54) is 0 Å². The van der Waals surface area contributed by atoms with Crippen molar-refractivity contribution in [1.29, 1.82) is 0 Å². The lowest BCUT2D eigenvalue weighted by atomic mass is 10.0. The SMILES string of the molecule is NC(N)=NC(=O)CC1c2ccc(Cl)cc2C(=O)N1CC1CC1. The average Bonchev–Trinajstić information content (AvgIpc) is 3.21. The highest BCUT2D eigenvalue weighted by atomic mass is 35.5. The molecule has 6 nitrogen and oxygen atoms in total. The first kappa shape index (κ1) is 14.8. The van der Waals surface area contributed by atoms with Gasteiger partial charge in [0.1, 0.15) is 0 Å². The van der Waals surface area contributed by atoms with E-state index in [2.05, 4.69) is 4.99 Å². The van der Waals surface area contributed by atoms with Crippen molar-refractivity contribution in [2.24, 2.45) is 22.4 Å². The zero-order valence-corrected chi connectivity index (χ0v) is 12.7. The molecule has 1 unspecified atom stereocenters. The molecule has 1 aromatic rings. The van der Waals surface area contributed by atoms with Gasteiger partial charge in [0, 0.05) is 17.1 Å². The molecule has 1 aromatic carbocycles. The summed E-state index contributed by atoms with van der Waals surface area (Å²) in [6.07, 6.45) is 2.32. The van der Waals surface area contributed by atoms with E-state index in [0.29, 0.717) is 23.0 Å². The van der Waals surface area contributed by atoms with Crippen LogP contribution in [0.2, 0.25) is 5.02 Å². The number of hydrogen-bond donors (Lipinski definition) is 2. The molecule has 0 saturated heterocycles. The standard InChI is InChI=1S/C15H17ClN4O2/c16-9-3-4-10-11(5-9)14(22)20(7-8-1-2-8)12(10)6-13(21)19-15(17)18/h3-5,8,12H,1-2,6-7H2,(H4,17,18,19,21). The quantitative estimate of drug-likeness (QED) is 0.647. The number of nitrogens with two attached hydrogens (primary N) is 2. The Morgan fingerprint density at radius 3 is 2.73 bits per heavy atom. The summed E-state index contributed by atoms with van der Waals surface area (Å²) in [5.74, 6) is -0.248. The number of carbonyl (C=O) groups excluding carboxylic acids is 2. The molecule has 0 aromatic heterocycles. The van der Waals surface area contributed by atoms with Gasteiger partial charge in [-0.1, -0.05) is 17.7 Å². The van der Waals surface area contributed by atoms with Gasteiger partial charge in [-0.2, -0.15) is 4.99 Å². The van der Waals surface area contributed by atoms with Crippen molar-refractivity contribution in [3.63, 3.8) is 0 Å². The van der Waals surface area contributed by atoms with Gasteiger partial charge in [-0.05, 0) is 36.5 Å². The van der Waals surface area contributed by atoms with Gasteiger partial charge < -0.3 is 16.4 Å². The number of carbonyl (C=O) groups is 2. The number of halogens is 1. The van der Waals surface area contributed by atoms with Crippen LogP contribution in [-0.2, 0) is 4.79 Å². The molecule has 1 aliphatic heterocycles. The van der Waals surface area contributed by atoms with Crippen LogP contribution in [0.15, 0.2) is 23.2 Å². The molecule has 2 amide bonds. The summed E-state index contributed by atoms with van der Waals surface area (Å²) in [6, 6.07) is 4.86. The van der Waals surface area contributed by atoms with Crippen molar-refractivity contribution >= 4 is 29.4 Å². The van der Waals surface area contributed by atoms with Crippen molar-refractivity contribution in [2.45, 2.75) is 25.3 Å². The first-order chi connectivity index (χ1) is 10.5. The van der Waals surface area contributed by atoms with Crippen LogP contribution >= 0.6 is 11.6 Å². The molecule has 0 spiro atoms. The molecule has 3 rings (SSSR count). The third kappa shape index (κ3) is 2.92. The number of amides is 2. The van der Waals surface area contributed by atoms with Gasteiger partial charge in [-0.3, -0.25) is 9.59 Å². The fourth-order valence-corrected chi connectivity index (χ4v) is 3.00. The lowest BCUT2D eigenvalue weighted by molar-refractivity contribution is -0.118. The minimum atomic E-state index is -0.429. The van der Waals surface area contributed by atoms with Crippen LogP contribution in [0.1, 0.15) is 41.2 Å². The molecular weight excluding hydrogens is 304 g/mol. The molecule has 116 valence electrons. The second kappa shape index (κ2) is 5.61. The highest BCUT2D eigenvalue weighted by Crippen LogP contribution is 2.41. The van der Waals surface area contributed by atoms with Crippen molar-refractivity contribution in [3.05, 3.63) is 34.3 Å². The zero-order valence-electron chi connectivity index (χ0n) is 12.0. The van der Waals surface area contributed by atoms with Crippen LogP contribution in [0.25, 0.3) is 0 Å². The van der Waals surface area contributed by atoms with Crippen molar-refractivity contribution in [2.75, 3.05) is 6.54 Å². The topological polar surface area (TPSA) is 102 Å². The van der Waals surface area contributed by atoms with E-state index in [9.17, 15) is 9.59 Å². The first-order valence-electron chi connectivity index (χ1n) is 7.18. The number of guanidine groups is 1. The van der Waals surface area contributed by atoms with E-state index >= 15 is 0 Å². The lowest BCUT2D eigenvalue weighted by Crippen LogP contribution is -2.32. The van der Waals surface area contributed by atoms with Crippen LogP contribution in [-0.4, -0.2) is 29.2 Å². The lowest BCUT2D eigenvalue weighted by Gasteiger charge is -2.24. The second-order valence-electron chi connectivity index (χ2n) is 5.78. The minimum absolute atomic E-state index is 0.0744. The van der Waals surface area contributed by atoms with Gasteiger partial charge in [0.05, 0.1) is 12.5 Å². The van der Waals surface area contributed by atoms with Gasteiger partial charge in [-0.15, -0.1) is 0 Å². The smallest absolute Gasteiger partial charge is 0.254 e. The highest BCUT2D eigenvalue weighted by Gasteiger charge is 2.40. The molecule has 1 heterocycles. The molecule has 1 atom stereocenters. The van der Waals surface area contributed by atoms with Crippen molar-refractivity contribution < 1.29 is 9.59 Å². The second-order valence-corrected chi connectivity index (χ2v) is 6.22. The summed E-state index contributed by atoms with van der Waals surface area (Å²) in [5.41, 5.74) is 11.9. The van der Waals surface area contributed by atoms with Crippen molar-refractivity contribution in [1.82, 2.24) is 4.90 Å². The predicted molar refractivity (Wildman–Crippen MR) is 83.4 cm³/mol. The number of aliphatic imine (C=N–C) groups is 1. The number of benzene rings is 1. The Kier molecular flexibility index (Phi) is 3.78. The first-order valence-corrected chi connectivity index (χ1v) is 7.56. The zero-order chi connectivity index (χ0) is 15.9. The van der Waals surface area contributed by atoms with E-state index in [1.807, 2.05) is 0 Å². The number of hydrogen-bond acceptors (Lipinski definition) is 2. The Hall–Kier alpha value is -2.08. The predicted octanol–water partition coefficient (Wildman–Crippen LogP) is 1.44.